The van der Waals surface area contributed by atoms with Crippen LogP contribution in [0.4, 0.5) is 5.69 Å². The number of hydrogen-bond donors (Lipinski definition) is 1. The van der Waals surface area contributed by atoms with E-state index in [0.717, 1.165) is 19.9 Å². The standard InChI is InChI=1S/C35H38BrN3O6S/c1-25(2)37-35(41)31(21-26-11-7-5-8-12-26)38(23-27-15-17-28(36)18-16-27)34(40)24-39(46(42,43)30-13-9-6-10-14-30)29-19-20-32(44-3)33(22-29)45-4/h5-20,22,25,31H,21,23-24H2,1-4H3,(H,37,41). The smallest absolute Gasteiger partial charge is 0.264 e. The van der Waals surface area contributed by atoms with E-state index in [1.807, 2.05) is 68.4 Å². The first-order valence-electron chi connectivity index (χ1n) is 14.7. The zero-order valence-electron chi connectivity index (χ0n) is 26.2. The maximum atomic E-state index is 14.6. The van der Waals surface area contributed by atoms with Crippen molar-refractivity contribution >= 4 is 43.5 Å². The molecule has 1 N–H and O–H groups in total. The van der Waals surface area contributed by atoms with Gasteiger partial charge in [-0.3, -0.25) is 13.9 Å². The topological polar surface area (TPSA) is 105 Å². The number of rotatable bonds is 14. The molecule has 9 nitrogen and oxygen atoms in total. The summed E-state index contributed by atoms with van der Waals surface area (Å²) in [5, 5.41) is 2.96. The lowest BCUT2D eigenvalue weighted by atomic mass is 10.0. The van der Waals surface area contributed by atoms with Gasteiger partial charge in [-0.25, -0.2) is 8.42 Å². The molecule has 11 heteroatoms. The highest BCUT2D eigenvalue weighted by molar-refractivity contribution is 9.10. The molecule has 242 valence electrons. The molecule has 0 bridgehead atoms. The van der Waals surface area contributed by atoms with Gasteiger partial charge in [0.1, 0.15) is 12.6 Å². The van der Waals surface area contributed by atoms with Crippen LogP contribution >= 0.6 is 15.9 Å². The van der Waals surface area contributed by atoms with Gasteiger partial charge < -0.3 is 19.7 Å². The molecule has 0 aliphatic carbocycles. The predicted octanol–water partition coefficient (Wildman–Crippen LogP) is 5.83. The highest BCUT2D eigenvalue weighted by Crippen LogP contribution is 2.34. The first-order valence-corrected chi connectivity index (χ1v) is 16.9. The van der Waals surface area contributed by atoms with Crippen LogP contribution in [-0.2, 0) is 32.6 Å². The summed E-state index contributed by atoms with van der Waals surface area (Å²) in [4.78, 5) is 29.8. The largest absolute Gasteiger partial charge is 0.493 e. The summed E-state index contributed by atoms with van der Waals surface area (Å²) in [6, 6.07) is 28.3. The van der Waals surface area contributed by atoms with E-state index < -0.39 is 28.5 Å². The van der Waals surface area contributed by atoms with Gasteiger partial charge in [0, 0.05) is 29.5 Å². The van der Waals surface area contributed by atoms with Crippen molar-refractivity contribution in [1.82, 2.24) is 10.2 Å². The third kappa shape index (κ3) is 8.67. The van der Waals surface area contributed by atoms with Crippen molar-refractivity contribution in [2.75, 3.05) is 25.1 Å². The summed E-state index contributed by atoms with van der Waals surface area (Å²) in [5.41, 5.74) is 1.83. The zero-order chi connectivity index (χ0) is 33.3. The molecule has 0 aliphatic heterocycles. The molecular formula is C35H38BrN3O6S. The lowest BCUT2D eigenvalue weighted by molar-refractivity contribution is -0.140. The highest BCUT2D eigenvalue weighted by atomic mass is 79.9. The fourth-order valence-corrected chi connectivity index (χ4v) is 6.64. The summed E-state index contributed by atoms with van der Waals surface area (Å²) in [6.07, 6.45) is 0.226. The van der Waals surface area contributed by atoms with Crippen LogP contribution in [0.15, 0.2) is 112 Å². The molecule has 4 aromatic rings. The first kappa shape index (κ1) is 34.5. The van der Waals surface area contributed by atoms with Crippen molar-refractivity contribution in [3.8, 4) is 11.5 Å². The summed E-state index contributed by atoms with van der Waals surface area (Å²) in [5.74, 6) is -0.199. The third-order valence-electron chi connectivity index (χ3n) is 7.23. The van der Waals surface area contributed by atoms with E-state index in [2.05, 4.69) is 21.2 Å². The summed E-state index contributed by atoms with van der Waals surface area (Å²) in [7, 11) is -1.32. The Morgan fingerprint density at radius 3 is 2.00 bits per heavy atom. The van der Waals surface area contributed by atoms with E-state index in [0.29, 0.717) is 11.5 Å². The minimum absolute atomic E-state index is 0.00966. The van der Waals surface area contributed by atoms with Gasteiger partial charge in [0.2, 0.25) is 11.8 Å². The molecule has 2 amide bonds. The molecule has 4 rings (SSSR count). The number of sulfonamides is 1. The lowest BCUT2D eigenvalue weighted by Gasteiger charge is -2.34. The molecule has 0 radical (unpaired) electrons. The molecule has 0 saturated carbocycles. The maximum Gasteiger partial charge on any atom is 0.264 e. The zero-order valence-corrected chi connectivity index (χ0v) is 28.6. The van der Waals surface area contributed by atoms with Gasteiger partial charge >= 0.3 is 0 Å². The minimum atomic E-state index is -4.25. The lowest BCUT2D eigenvalue weighted by Crippen LogP contribution is -2.54. The molecule has 0 aromatic heterocycles. The number of anilines is 1. The van der Waals surface area contributed by atoms with E-state index in [4.69, 9.17) is 9.47 Å². The Morgan fingerprint density at radius 1 is 0.804 bits per heavy atom. The van der Waals surface area contributed by atoms with Crippen LogP contribution in [0.2, 0.25) is 0 Å². The van der Waals surface area contributed by atoms with Crippen LogP contribution in [-0.4, -0.2) is 58.0 Å². The Kier molecular flexibility index (Phi) is 11.8. The molecule has 0 heterocycles. The minimum Gasteiger partial charge on any atom is -0.493 e. The number of halogens is 1. The van der Waals surface area contributed by atoms with Gasteiger partial charge in [-0.05, 0) is 61.4 Å². The number of carbonyl (C=O) groups excluding carboxylic acids is 2. The second kappa shape index (κ2) is 15.8. The summed E-state index contributed by atoms with van der Waals surface area (Å²) < 4.78 is 41.1. The van der Waals surface area contributed by atoms with Gasteiger partial charge in [-0.1, -0.05) is 76.6 Å². The first-order chi connectivity index (χ1) is 22.0. The van der Waals surface area contributed by atoms with E-state index in [1.54, 1.807) is 30.3 Å². The Labute approximate surface area is 279 Å². The molecule has 0 aliphatic rings. The maximum absolute atomic E-state index is 14.6. The Balaban J connectivity index is 1.83. The second-order valence-electron chi connectivity index (χ2n) is 10.9. The van der Waals surface area contributed by atoms with E-state index in [-0.39, 0.29) is 35.5 Å². The molecule has 0 saturated heterocycles. The monoisotopic (exact) mass is 707 g/mol. The van der Waals surface area contributed by atoms with Crippen molar-refractivity contribution in [3.63, 3.8) is 0 Å². The van der Waals surface area contributed by atoms with Crippen molar-refractivity contribution in [3.05, 3.63) is 119 Å². The van der Waals surface area contributed by atoms with Gasteiger partial charge in [-0.15, -0.1) is 0 Å². The average molecular weight is 709 g/mol. The van der Waals surface area contributed by atoms with Crippen LogP contribution in [0.25, 0.3) is 0 Å². The van der Waals surface area contributed by atoms with Crippen LogP contribution in [0.3, 0.4) is 0 Å². The van der Waals surface area contributed by atoms with Gasteiger partial charge in [0.15, 0.2) is 11.5 Å². The number of carbonyl (C=O) groups is 2. The van der Waals surface area contributed by atoms with Crippen LogP contribution < -0.4 is 19.1 Å². The SMILES string of the molecule is COc1ccc(N(CC(=O)N(Cc2ccc(Br)cc2)C(Cc2ccccc2)C(=O)NC(C)C)S(=O)(=O)c2ccccc2)cc1OC. The number of benzene rings is 4. The number of hydrogen-bond acceptors (Lipinski definition) is 6. The summed E-state index contributed by atoms with van der Waals surface area (Å²) in [6.45, 7) is 3.19. The fraction of sp³-hybridized carbons (Fsp3) is 0.257. The van der Waals surface area contributed by atoms with E-state index in [9.17, 15) is 18.0 Å². The number of nitrogens with one attached hydrogen (secondary N) is 1. The van der Waals surface area contributed by atoms with Gasteiger partial charge in [-0.2, -0.15) is 0 Å². The normalized spacial score (nSPS) is 11.9. The highest BCUT2D eigenvalue weighted by Gasteiger charge is 2.35. The van der Waals surface area contributed by atoms with Gasteiger partial charge in [0.05, 0.1) is 24.8 Å². The van der Waals surface area contributed by atoms with E-state index >= 15 is 0 Å². The summed E-state index contributed by atoms with van der Waals surface area (Å²) >= 11 is 3.45. The molecule has 46 heavy (non-hydrogen) atoms. The van der Waals surface area contributed by atoms with Crippen molar-refractivity contribution in [2.24, 2.45) is 0 Å². The molecule has 0 spiro atoms. The average Bonchev–Trinajstić information content (AvgIpc) is 3.06. The fourth-order valence-electron chi connectivity index (χ4n) is 4.95. The Morgan fingerprint density at radius 2 is 1.41 bits per heavy atom. The van der Waals surface area contributed by atoms with Gasteiger partial charge in [0.25, 0.3) is 10.0 Å². The quantitative estimate of drug-likeness (QED) is 0.177. The second-order valence-corrected chi connectivity index (χ2v) is 13.7. The molecule has 0 fully saturated rings. The number of methoxy groups -OCH3 is 2. The number of nitrogens with zero attached hydrogens (tertiary/aromatic N) is 2. The predicted molar refractivity (Wildman–Crippen MR) is 182 cm³/mol. The van der Waals surface area contributed by atoms with Crippen molar-refractivity contribution < 1.29 is 27.5 Å². The molecule has 1 unspecified atom stereocenters. The Bertz CT molecular complexity index is 1720. The van der Waals surface area contributed by atoms with Crippen molar-refractivity contribution in [2.45, 2.75) is 43.8 Å². The molecule has 1 atom stereocenters. The van der Waals surface area contributed by atoms with E-state index in [1.165, 1.54) is 37.3 Å². The third-order valence-corrected chi connectivity index (χ3v) is 9.55. The molecular weight excluding hydrogens is 670 g/mol. The van der Waals surface area contributed by atoms with Crippen molar-refractivity contribution in [1.29, 1.82) is 0 Å². The number of ether oxygens (including phenoxy) is 2. The molecule has 4 aromatic carbocycles. The Hall–Kier alpha value is -4.35. The van der Waals surface area contributed by atoms with Crippen LogP contribution in [0.5, 0.6) is 11.5 Å². The number of amides is 2. The van der Waals surface area contributed by atoms with Crippen LogP contribution in [0, 0.1) is 0 Å². The van der Waals surface area contributed by atoms with Crippen LogP contribution in [0.1, 0.15) is 25.0 Å².